The van der Waals surface area contributed by atoms with Crippen LogP contribution in [0.1, 0.15) is 11.1 Å². The van der Waals surface area contributed by atoms with Crippen molar-refractivity contribution in [1.29, 1.82) is 0 Å². The van der Waals surface area contributed by atoms with E-state index in [0.29, 0.717) is 0 Å². The third kappa shape index (κ3) is 7.45. The highest BCUT2D eigenvalue weighted by Crippen LogP contribution is 2.26. The van der Waals surface area contributed by atoms with Gasteiger partial charge in [0.25, 0.3) is 0 Å². The van der Waals surface area contributed by atoms with Crippen LogP contribution in [0.25, 0.3) is 0 Å². The standard InChI is InChI=1S/C19H21F3N2O4/c20-19(21,22)28-17-9-5-4-8-14(17)11-23-12-16(25)15(24-18(26)27)10-13-6-2-1-3-7-13/h1-9,15-16,23-25H,10-12H2,(H,26,27)/t15-,16-/m0/s1. The summed E-state index contributed by atoms with van der Waals surface area (Å²) in [6.45, 7) is -0.0213. The highest BCUT2D eigenvalue weighted by atomic mass is 19.4. The molecule has 0 aliphatic rings. The molecule has 0 aliphatic heterocycles. The third-order valence-corrected chi connectivity index (χ3v) is 3.94. The molecule has 28 heavy (non-hydrogen) atoms. The smallest absolute Gasteiger partial charge is 0.465 e. The number of carbonyl (C=O) groups is 1. The van der Waals surface area contributed by atoms with Crippen LogP contribution < -0.4 is 15.4 Å². The van der Waals surface area contributed by atoms with Crippen LogP contribution in [-0.2, 0) is 13.0 Å². The van der Waals surface area contributed by atoms with E-state index >= 15 is 0 Å². The second-order valence-corrected chi connectivity index (χ2v) is 6.10. The molecule has 2 aromatic rings. The maximum absolute atomic E-state index is 12.5. The van der Waals surface area contributed by atoms with Crippen LogP contribution in [0.4, 0.5) is 18.0 Å². The Bertz CT molecular complexity index is 756. The van der Waals surface area contributed by atoms with Gasteiger partial charge in [-0.1, -0.05) is 48.5 Å². The highest BCUT2D eigenvalue weighted by molar-refractivity contribution is 5.65. The van der Waals surface area contributed by atoms with Crippen LogP contribution in [0.2, 0.25) is 0 Å². The predicted octanol–water partition coefficient (Wildman–Crippen LogP) is 2.91. The lowest BCUT2D eigenvalue weighted by Gasteiger charge is -2.23. The molecule has 0 aliphatic carbocycles. The molecule has 152 valence electrons. The van der Waals surface area contributed by atoms with Gasteiger partial charge < -0.3 is 25.6 Å². The van der Waals surface area contributed by atoms with Crippen molar-refractivity contribution >= 4 is 6.09 Å². The number of aliphatic hydroxyl groups is 1. The molecule has 2 rings (SSSR count). The van der Waals surface area contributed by atoms with Crippen LogP contribution in [0.5, 0.6) is 5.75 Å². The number of hydrogen-bond donors (Lipinski definition) is 4. The number of nitrogens with one attached hydrogen (secondary N) is 2. The number of benzene rings is 2. The van der Waals surface area contributed by atoms with Crippen LogP contribution in [0.3, 0.4) is 0 Å². The number of ether oxygens (including phenoxy) is 1. The fourth-order valence-electron chi connectivity index (χ4n) is 2.68. The minimum atomic E-state index is -4.80. The van der Waals surface area contributed by atoms with Crippen molar-refractivity contribution < 1.29 is 32.9 Å². The number of amides is 1. The van der Waals surface area contributed by atoms with Gasteiger partial charge in [0.15, 0.2) is 0 Å². The van der Waals surface area contributed by atoms with Gasteiger partial charge >= 0.3 is 12.5 Å². The normalized spacial score (nSPS) is 13.6. The number of para-hydroxylation sites is 1. The predicted molar refractivity (Wildman–Crippen MR) is 95.9 cm³/mol. The molecule has 2 aromatic carbocycles. The summed E-state index contributed by atoms with van der Waals surface area (Å²) in [5.74, 6) is -0.332. The Balaban J connectivity index is 1.95. The van der Waals surface area contributed by atoms with Gasteiger partial charge in [-0.25, -0.2) is 4.79 Å². The maximum atomic E-state index is 12.5. The average molecular weight is 398 g/mol. The van der Waals surface area contributed by atoms with Crippen molar-refractivity contribution in [3.63, 3.8) is 0 Å². The summed E-state index contributed by atoms with van der Waals surface area (Å²) < 4.78 is 41.4. The monoisotopic (exact) mass is 398 g/mol. The first-order chi connectivity index (χ1) is 13.2. The third-order valence-electron chi connectivity index (χ3n) is 3.94. The Morgan fingerprint density at radius 3 is 2.36 bits per heavy atom. The SMILES string of the molecule is O=C(O)N[C@@H](Cc1ccccc1)[C@@H](O)CNCc1ccccc1OC(F)(F)F. The Kier molecular flexibility index (Phi) is 7.65. The van der Waals surface area contributed by atoms with E-state index in [0.717, 1.165) is 5.56 Å². The summed E-state index contributed by atoms with van der Waals surface area (Å²) in [6.07, 6.45) is -6.90. The van der Waals surface area contributed by atoms with Gasteiger partial charge in [0.2, 0.25) is 0 Å². The van der Waals surface area contributed by atoms with Crippen molar-refractivity contribution in [3.8, 4) is 5.75 Å². The van der Waals surface area contributed by atoms with E-state index in [1.165, 1.54) is 18.2 Å². The van der Waals surface area contributed by atoms with Gasteiger partial charge in [-0.2, -0.15) is 0 Å². The molecule has 0 spiro atoms. The molecule has 0 saturated carbocycles. The average Bonchev–Trinajstić information content (AvgIpc) is 2.62. The summed E-state index contributed by atoms with van der Waals surface area (Å²) in [5, 5.41) is 24.5. The molecule has 1 amide bonds. The van der Waals surface area contributed by atoms with E-state index in [-0.39, 0.29) is 30.8 Å². The van der Waals surface area contributed by atoms with Crippen LogP contribution in [0.15, 0.2) is 54.6 Å². The number of carboxylic acid groups (broad SMARTS) is 1. The molecule has 0 radical (unpaired) electrons. The molecule has 6 nitrogen and oxygen atoms in total. The van der Waals surface area contributed by atoms with E-state index in [9.17, 15) is 23.1 Å². The van der Waals surface area contributed by atoms with Gasteiger partial charge in [0.1, 0.15) is 5.75 Å². The van der Waals surface area contributed by atoms with E-state index in [2.05, 4.69) is 15.4 Å². The molecular weight excluding hydrogens is 377 g/mol. The summed E-state index contributed by atoms with van der Waals surface area (Å²) in [5.41, 5.74) is 1.10. The minimum absolute atomic E-state index is 0.00837. The molecule has 0 saturated heterocycles. The Labute approximate surface area is 160 Å². The second kappa shape index (κ2) is 9.95. The quantitative estimate of drug-likeness (QED) is 0.522. The largest absolute Gasteiger partial charge is 0.573 e. The molecule has 4 N–H and O–H groups in total. The summed E-state index contributed by atoms with van der Waals surface area (Å²) in [7, 11) is 0. The van der Waals surface area contributed by atoms with Crippen LogP contribution in [0, 0.1) is 0 Å². The van der Waals surface area contributed by atoms with Gasteiger partial charge in [-0.05, 0) is 18.1 Å². The number of halogens is 3. The zero-order valence-electron chi connectivity index (χ0n) is 14.8. The first-order valence-electron chi connectivity index (χ1n) is 8.50. The van der Waals surface area contributed by atoms with Crippen LogP contribution >= 0.6 is 0 Å². The number of rotatable bonds is 9. The molecule has 0 heterocycles. The van der Waals surface area contributed by atoms with E-state index in [1.54, 1.807) is 30.3 Å². The second-order valence-electron chi connectivity index (χ2n) is 6.10. The summed E-state index contributed by atoms with van der Waals surface area (Å²) in [6, 6.07) is 13.9. The fraction of sp³-hybridized carbons (Fsp3) is 0.316. The van der Waals surface area contributed by atoms with Gasteiger partial charge in [0.05, 0.1) is 12.1 Å². The molecule has 9 heteroatoms. The lowest BCUT2D eigenvalue weighted by molar-refractivity contribution is -0.274. The summed E-state index contributed by atoms with van der Waals surface area (Å²) in [4.78, 5) is 11.0. The fourth-order valence-corrected chi connectivity index (χ4v) is 2.68. The molecule has 2 atom stereocenters. The number of hydrogen-bond acceptors (Lipinski definition) is 4. The number of aliphatic hydroxyl groups excluding tert-OH is 1. The van der Waals surface area contributed by atoms with E-state index in [1.807, 2.05) is 6.07 Å². The van der Waals surface area contributed by atoms with Gasteiger partial charge in [0, 0.05) is 18.7 Å². The maximum Gasteiger partial charge on any atom is 0.573 e. The molecular formula is C19H21F3N2O4. The van der Waals surface area contributed by atoms with Crippen molar-refractivity contribution in [2.24, 2.45) is 0 Å². The van der Waals surface area contributed by atoms with Crippen molar-refractivity contribution in [2.75, 3.05) is 6.54 Å². The number of alkyl halides is 3. The topological polar surface area (TPSA) is 90.8 Å². The van der Waals surface area contributed by atoms with Crippen molar-refractivity contribution in [3.05, 3.63) is 65.7 Å². The Hall–Kier alpha value is -2.78. The lowest BCUT2D eigenvalue weighted by Crippen LogP contribution is -2.48. The van der Waals surface area contributed by atoms with Gasteiger partial charge in [-0.3, -0.25) is 0 Å². The zero-order chi connectivity index (χ0) is 20.6. The minimum Gasteiger partial charge on any atom is -0.465 e. The van der Waals surface area contributed by atoms with Gasteiger partial charge in [-0.15, -0.1) is 13.2 Å². The first-order valence-corrected chi connectivity index (χ1v) is 8.50. The lowest BCUT2D eigenvalue weighted by atomic mass is 10.0. The highest BCUT2D eigenvalue weighted by Gasteiger charge is 2.32. The summed E-state index contributed by atoms with van der Waals surface area (Å²) >= 11 is 0. The first kappa shape index (κ1) is 21.5. The van der Waals surface area contributed by atoms with Crippen molar-refractivity contribution in [2.45, 2.75) is 31.5 Å². The van der Waals surface area contributed by atoms with Crippen LogP contribution in [-0.4, -0.2) is 41.4 Å². The Morgan fingerprint density at radius 1 is 1.07 bits per heavy atom. The molecule has 0 bridgehead atoms. The van der Waals surface area contributed by atoms with Crippen molar-refractivity contribution in [1.82, 2.24) is 10.6 Å². The van der Waals surface area contributed by atoms with E-state index < -0.39 is 24.6 Å². The van der Waals surface area contributed by atoms with E-state index in [4.69, 9.17) is 5.11 Å². The Morgan fingerprint density at radius 2 is 1.71 bits per heavy atom. The molecule has 0 unspecified atom stereocenters. The molecule has 0 aromatic heterocycles. The molecule has 0 fully saturated rings. The zero-order valence-corrected chi connectivity index (χ0v) is 14.8.